The number of carbonyl (C=O) groups excluding carboxylic acids is 1. The quantitative estimate of drug-likeness (QED) is 0.726. The summed E-state index contributed by atoms with van der Waals surface area (Å²) in [4.78, 5) is 12.2. The number of sulfonamides is 1. The van der Waals surface area contributed by atoms with Crippen molar-refractivity contribution in [1.82, 2.24) is 4.72 Å². The van der Waals surface area contributed by atoms with Crippen LogP contribution in [0.15, 0.2) is 35.2 Å². The number of esters is 1. The molecule has 8 nitrogen and oxygen atoms in total. The van der Waals surface area contributed by atoms with Crippen molar-refractivity contribution in [3.05, 3.63) is 52.8 Å². The predicted molar refractivity (Wildman–Crippen MR) is 95.0 cm³/mol. The van der Waals surface area contributed by atoms with E-state index in [0.29, 0.717) is 16.9 Å². The van der Waals surface area contributed by atoms with Crippen molar-refractivity contribution in [3.63, 3.8) is 0 Å². The SMILES string of the molecule is CNS(=O)(=O)c1cc(C(=O)OCc2cc(F)cc3c2OCOC3)ccc1OC. The number of fused-ring (bicyclic) bond motifs is 1. The molecule has 0 radical (unpaired) electrons. The molecule has 0 bridgehead atoms. The number of methoxy groups -OCH3 is 1. The van der Waals surface area contributed by atoms with E-state index in [1.807, 2.05) is 0 Å². The number of benzene rings is 2. The Morgan fingerprint density at radius 2 is 2.07 bits per heavy atom. The van der Waals surface area contributed by atoms with Crippen LogP contribution in [0.5, 0.6) is 11.5 Å². The fourth-order valence-corrected chi connectivity index (χ4v) is 3.63. The lowest BCUT2D eigenvalue weighted by Gasteiger charge is -2.20. The molecule has 28 heavy (non-hydrogen) atoms. The number of halogens is 1. The van der Waals surface area contributed by atoms with Crippen LogP contribution < -0.4 is 14.2 Å². The van der Waals surface area contributed by atoms with Crippen molar-refractivity contribution in [3.8, 4) is 11.5 Å². The Balaban J connectivity index is 1.83. The third-order valence-corrected chi connectivity index (χ3v) is 5.50. The topological polar surface area (TPSA) is 100 Å². The summed E-state index contributed by atoms with van der Waals surface area (Å²) in [6.07, 6.45) is 0. The highest BCUT2D eigenvalue weighted by Gasteiger charge is 2.22. The van der Waals surface area contributed by atoms with Gasteiger partial charge in [-0.2, -0.15) is 0 Å². The van der Waals surface area contributed by atoms with E-state index < -0.39 is 21.8 Å². The van der Waals surface area contributed by atoms with Crippen molar-refractivity contribution >= 4 is 16.0 Å². The molecule has 150 valence electrons. The highest BCUT2D eigenvalue weighted by Crippen LogP contribution is 2.30. The van der Waals surface area contributed by atoms with Crippen molar-refractivity contribution in [2.75, 3.05) is 21.0 Å². The summed E-state index contributed by atoms with van der Waals surface area (Å²) in [5.41, 5.74) is 0.872. The van der Waals surface area contributed by atoms with Crippen LogP contribution in [0.2, 0.25) is 0 Å². The van der Waals surface area contributed by atoms with Gasteiger partial charge in [-0.15, -0.1) is 0 Å². The minimum atomic E-state index is -3.85. The molecule has 2 aromatic rings. The number of nitrogens with one attached hydrogen (secondary N) is 1. The second-order valence-corrected chi connectivity index (χ2v) is 7.67. The lowest BCUT2D eigenvalue weighted by Crippen LogP contribution is -2.20. The molecule has 1 N–H and O–H groups in total. The van der Waals surface area contributed by atoms with Crippen LogP contribution in [0.1, 0.15) is 21.5 Å². The molecule has 0 aromatic heterocycles. The molecule has 0 fully saturated rings. The summed E-state index contributed by atoms with van der Waals surface area (Å²) in [6, 6.07) is 6.38. The molecule has 0 unspecified atom stereocenters. The van der Waals surface area contributed by atoms with E-state index in [9.17, 15) is 17.6 Å². The molecule has 3 rings (SSSR count). The van der Waals surface area contributed by atoms with Crippen molar-refractivity contribution < 1.29 is 36.6 Å². The lowest BCUT2D eigenvalue weighted by molar-refractivity contribution is -0.0182. The van der Waals surface area contributed by atoms with Crippen LogP contribution in [0.3, 0.4) is 0 Å². The van der Waals surface area contributed by atoms with Crippen molar-refractivity contribution in [2.45, 2.75) is 18.1 Å². The van der Waals surface area contributed by atoms with Gasteiger partial charge in [0.25, 0.3) is 0 Å². The summed E-state index contributed by atoms with van der Waals surface area (Å²) in [6.45, 7) is -0.0415. The number of hydrogen-bond donors (Lipinski definition) is 1. The molecule has 10 heteroatoms. The zero-order chi connectivity index (χ0) is 20.3. The Morgan fingerprint density at radius 1 is 1.29 bits per heavy atom. The van der Waals surface area contributed by atoms with Crippen LogP contribution in [-0.4, -0.2) is 35.3 Å². The van der Waals surface area contributed by atoms with Crippen molar-refractivity contribution in [2.24, 2.45) is 0 Å². The fourth-order valence-electron chi connectivity index (χ4n) is 2.71. The summed E-state index contributed by atoms with van der Waals surface area (Å²) in [5.74, 6) is -0.793. The normalized spacial score (nSPS) is 13.4. The van der Waals surface area contributed by atoms with Gasteiger partial charge in [0.05, 0.1) is 19.3 Å². The first kappa shape index (κ1) is 20.1. The van der Waals surface area contributed by atoms with Gasteiger partial charge in [-0.1, -0.05) is 0 Å². The standard InChI is InChI=1S/C18H18FNO7S/c1-20-28(22,23)16-7-11(3-4-15(16)24-2)18(21)26-9-13-6-14(19)5-12-8-25-10-27-17(12)13/h3-7,20H,8-10H2,1-2H3. The van der Waals surface area contributed by atoms with Gasteiger partial charge in [0.15, 0.2) is 6.79 Å². The first-order valence-electron chi connectivity index (χ1n) is 8.16. The van der Waals surface area contributed by atoms with Gasteiger partial charge >= 0.3 is 5.97 Å². The summed E-state index contributed by atoms with van der Waals surface area (Å²) < 4.78 is 60.9. The Morgan fingerprint density at radius 3 is 2.79 bits per heavy atom. The number of hydrogen-bond acceptors (Lipinski definition) is 7. The van der Waals surface area contributed by atoms with Crippen LogP contribution in [0.25, 0.3) is 0 Å². The molecule has 1 aliphatic rings. The predicted octanol–water partition coefficient (Wildman–Crippen LogP) is 1.97. The minimum Gasteiger partial charge on any atom is -0.495 e. The smallest absolute Gasteiger partial charge is 0.338 e. The summed E-state index contributed by atoms with van der Waals surface area (Å²) in [7, 11) is -1.28. The first-order chi connectivity index (χ1) is 13.4. The molecule has 1 aliphatic heterocycles. The van der Waals surface area contributed by atoms with Crippen LogP contribution in [0, 0.1) is 5.82 Å². The van der Waals surface area contributed by atoms with Gasteiger partial charge in [0.1, 0.15) is 28.8 Å². The van der Waals surface area contributed by atoms with E-state index in [0.717, 1.165) is 6.07 Å². The molecule has 2 aromatic carbocycles. The number of rotatable bonds is 6. The zero-order valence-electron chi connectivity index (χ0n) is 15.2. The Labute approximate surface area is 161 Å². The Bertz CT molecular complexity index is 1010. The molecular weight excluding hydrogens is 393 g/mol. The molecular formula is C18H18FNO7S. The molecule has 0 amide bonds. The van der Waals surface area contributed by atoms with E-state index in [2.05, 4.69) is 4.72 Å². The van der Waals surface area contributed by atoms with Gasteiger partial charge in [-0.3, -0.25) is 0 Å². The van der Waals surface area contributed by atoms with Crippen LogP contribution in [-0.2, 0) is 32.7 Å². The average Bonchev–Trinajstić information content (AvgIpc) is 2.71. The van der Waals surface area contributed by atoms with E-state index in [1.165, 1.54) is 38.4 Å². The molecule has 0 saturated carbocycles. The molecule has 0 aliphatic carbocycles. The third-order valence-electron chi connectivity index (χ3n) is 4.07. The van der Waals surface area contributed by atoms with Gasteiger partial charge in [0.2, 0.25) is 10.0 Å². The summed E-state index contributed by atoms with van der Waals surface area (Å²) >= 11 is 0. The highest BCUT2D eigenvalue weighted by atomic mass is 32.2. The van der Waals surface area contributed by atoms with Gasteiger partial charge < -0.3 is 18.9 Å². The Hall–Kier alpha value is -2.69. The van der Waals surface area contributed by atoms with E-state index in [-0.39, 0.29) is 36.2 Å². The maximum Gasteiger partial charge on any atom is 0.338 e. The van der Waals surface area contributed by atoms with Crippen LogP contribution >= 0.6 is 0 Å². The third kappa shape index (κ3) is 4.08. The summed E-state index contributed by atoms with van der Waals surface area (Å²) in [5, 5.41) is 0. The second kappa shape index (κ2) is 8.13. The molecule has 0 spiro atoms. The zero-order valence-corrected chi connectivity index (χ0v) is 16.0. The largest absolute Gasteiger partial charge is 0.495 e. The van der Waals surface area contributed by atoms with E-state index >= 15 is 0 Å². The maximum atomic E-state index is 13.8. The average molecular weight is 411 g/mol. The van der Waals surface area contributed by atoms with E-state index in [1.54, 1.807) is 0 Å². The number of carbonyl (C=O) groups is 1. The van der Waals surface area contributed by atoms with Gasteiger partial charge in [-0.05, 0) is 37.4 Å². The van der Waals surface area contributed by atoms with Gasteiger partial charge in [0, 0.05) is 11.1 Å². The minimum absolute atomic E-state index is 0.00384. The van der Waals surface area contributed by atoms with E-state index in [4.69, 9.17) is 18.9 Å². The molecule has 0 saturated heterocycles. The van der Waals surface area contributed by atoms with Gasteiger partial charge in [-0.25, -0.2) is 22.3 Å². The fraction of sp³-hybridized carbons (Fsp3) is 0.278. The number of ether oxygens (including phenoxy) is 4. The highest BCUT2D eigenvalue weighted by molar-refractivity contribution is 7.89. The van der Waals surface area contributed by atoms with Crippen molar-refractivity contribution in [1.29, 1.82) is 0 Å². The molecule has 0 atom stereocenters. The monoisotopic (exact) mass is 411 g/mol. The molecule has 1 heterocycles. The first-order valence-corrected chi connectivity index (χ1v) is 9.64. The lowest BCUT2D eigenvalue weighted by atomic mass is 10.1. The maximum absolute atomic E-state index is 13.8. The second-order valence-electron chi connectivity index (χ2n) is 5.81. The Kier molecular flexibility index (Phi) is 5.82. The van der Waals surface area contributed by atoms with Crippen LogP contribution in [0.4, 0.5) is 4.39 Å².